The fourth-order valence-electron chi connectivity index (χ4n) is 3.22. The maximum absolute atomic E-state index is 13.8. The van der Waals surface area contributed by atoms with Gasteiger partial charge in [0.15, 0.2) is 0 Å². The predicted octanol–water partition coefficient (Wildman–Crippen LogP) is 4.96. The Hall–Kier alpha value is -4.14. The number of carbonyl (C=O) groups is 1. The number of nitroso groups, excluding NO2 is 1. The Bertz CT molecular complexity index is 1230. The summed E-state index contributed by atoms with van der Waals surface area (Å²) < 4.78 is 30.5. The summed E-state index contributed by atoms with van der Waals surface area (Å²) in [6, 6.07) is 6.73. The highest BCUT2D eigenvalue weighted by Crippen LogP contribution is 2.40. The van der Waals surface area contributed by atoms with Crippen LogP contribution in [0.25, 0.3) is 16.5 Å². The highest BCUT2D eigenvalue weighted by molar-refractivity contribution is 6.06. The molecule has 1 aliphatic rings. The number of rotatable bonds is 6. The van der Waals surface area contributed by atoms with Gasteiger partial charge < -0.3 is 19.3 Å². The Morgan fingerprint density at radius 2 is 2.10 bits per heavy atom. The molecule has 0 radical (unpaired) electrons. The van der Waals surface area contributed by atoms with Gasteiger partial charge in [-0.1, -0.05) is 18.2 Å². The molecular weight excluding hydrogens is 393 g/mol. The molecule has 1 aliphatic carbocycles. The second-order valence-electron chi connectivity index (χ2n) is 6.33. The lowest BCUT2D eigenvalue weighted by Gasteiger charge is -2.12. The number of furan rings is 2. The van der Waals surface area contributed by atoms with Crippen LogP contribution in [-0.2, 0) is 4.74 Å². The average molecular weight is 409 g/mol. The minimum Gasteiger partial charge on any atom is -0.496 e. The van der Waals surface area contributed by atoms with Crippen molar-refractivity contribution in [1.82, 2.24) is 0 Å². The first-order valence-corrected chi connectivity index (χ1v) is 8.90. The monoisotopic (exact) mass is 409 g/mol. The van der Waals surface area contributed by atoms with Crippen molar-refractivity contribution in [2.45, 2.75) is 6.42 Å². The number of ether oxygens (including phenoxy) is 1. The SMILES string of the molecule is COC1=CC=CCC=C1c1ccc(N(N=O)c2c(C(N)=O)oc3ccc(F)cc23)o1. The number of allylic oxidation sites excluding steroid dienone is 5. The Kier molecular flexibility index (Phi) is 4.93. The number of methoxy groups -OCH3 is 1. The van der Waals surface area contributed by atoms with Crippen molar-refractivity contribution in [2.24, 2.45) is 11.0 Å². The lowest BCUT2D eigenvalue weighted by atomic mass is 10.1. The largest absolute Gasteiger partial charge is 0.496 e. The van der Waals surface area contributed by atoms with Crippen LogP contribution in [0.3, 0.4) is 0 Å². The molecule has 1 amide bonds. The lowest BCUT2D eigenvalue weighted by Crippen LogP contribution is -2.15. The number of hydrogen-bond acceptors (Lipinski definition) is 6. The van der Waals surface area contributed by atoms with Gasteiger partial charge in [-0.3, -0.25) is 4.79 Å². The normalized spacial score (nSPS) is 13.5. The maximum atomic E-state index is 13.8. The first kappa shape index (κ1) is 19.2. The zero-order valence-corrected chi connectivity index (χ0v) is 15.8. The van der Waals surface area contributed by atoms with E-state index < -0.39 is 11.7 Å². The topological polar surface area (TPSA) is 111 Å². The quantitative estimate of drug-likeness (QED) is 0.455. The molecule has 0 saturated carbocycles. The molecule has 3 aromatic rings. The number of hydrogen-bond donors (Lipinski definition) is 1. The predicted molar refractivity (Wildman–Crippen MR) is 108 cm³/mol. The van der Waals surface area contributed by atoms with Gasteiger partial charge in [0.2, 0.25) is 11.6 Å². The number of nitrogens with zero attached hydrogens (tertiary/aromatic N) is 2. The van der Waals surface area contributed by atoms with Crippen LogP contribution >= 0.6 is 0 Å². The van der Waals surface area contributed by atoms with E-state index in [0.29, 0.717) is 23.5 Å². The summed E-state index contributed by atoms with van der Waals surface area (Å²) in [5, 5.41) is 3.92. The van der Waals surface area contributed by atoms with Gasteiger partial charge in [-0.25, -0.2) is 4.39 Å². The molecule has 0 saturated heterocycles. The summed E-state index contributed by atoms with van der Waals surface area (Å²) >= 11 is 0. The van der Waals surface area contributed by atoms with Crippen molar-refractivity contribution in [3.05, 3.63) is 82.6 Å². The van der Waals surface area contributed by atoms with E-state index in [2.05, 4.69) is 5.29 Å². The zero-order valence-electron chi connectivity index (χ0n) is 15.8. The number of nitrogens with two attached hydrogens (primary N) is 1. The first-order chi connectivity index (χ1) is 14.5. The molecule has 152 valence electrons. The third-order valence-electron chi connectivity index (χ3n) is 4.53. The van der Waals surface area contributed by atoms with E-state index in [0.717, 1.165) is 17.1 Å². The molecule has 30 heavy (non-hydrogen) atoms. The average Bonchev–Trinajstić information content (AvgIpc) is 3.27. The third-order valence-corrected chi connectivity index (χ3v) is 4.53. The molecule has 8 nitrogen and oxygen atoms in total. The number of carbonyl (C=O) groups excluding carboxylic acids is 1. The lowest BCUT2D eigenvalue weighted by molar-refractivity contribution is 0.0976. The molecule has 0 aliphatic heterocycles. The Morgan fingerprint density at radius 3 is 2.83 bits per heavy atom. The number of amides is 1. The van der Waals surface area contributed by atoms with E-state index in [4.69, 9.17) is 19.3 Å². The van der Waals surface area contributed by atoms with Gasteiger partial charge in [-0.05, 0) is 36.8 Å². The number of halogens is 1. The van der Waals surface area contributed by atoms with Gasteiger partial charge in [0.05, 0.1) is 23.4 Å². The van der Waals surface area contributed by atoms with Crippen molar-refractivity contribution in [3.63, 3.8) is 0 Å². The molecule has 0 fully saturated rings. The van der Waals surface area contributed by atoms with E-state index in [1.54, 1.807) is 12.1 Å². The smallest absolute Gasteiger partial charge is 0.286 e. The van der Waals surface area contributed by atoms with Crippen LogP contribution in [0.4, 0.5) is 16.0 Å². The number of primary amides is 1. The van der Waals surface area contributed by atoms with Crippen molar-refractivity contribution >= 4 is 34.0 Å². The number of benzene rings is 1. The molecule has 0 atom stereocenters. The van der Waals surface area contributed by atoms with Gasteiger partial charge in [0, 0.05) is 6.07 Å². The second-order valence-corrected chi connectivity index (χ2v) is 6.33. The standard InChI is InChI=1S/C21H16FN3O5/c1-28-15-6-4-2-3-5-13(15)16-9-10-18(29-16)25(24-27)19-14-11-12(22)7-8-17(14)30-20(19)21(23)26/h2,4-11H,3H2,1H3,(H2,23,26). The maximum Gasteiger partial charge on any atom is 0.286 e. The van der Waals surface area contributed by atoms with Crippen molar-refractivity contribution in [1.29, 1.82) is 0 Å². The van der Waals surface area contributed by atoms with Crippen LogP contribution in [0.15, 0.2) is 74.5 Å². The highest BCUT2D eigenvalue weighted by Gasteiger charge is 2.28. The number of fused-ring (bicyclic) bond motifs is 1. The second kappa shape index (κ2) is 7.70. The number of anilines is 2. The fourth-order valence-corrected chi connectivity index (χ4v) is 3.22. The van der Waals surface area contributed by atoms with Gasteiger partial charge in [0.25, 0.3) is 5.91 Å². The first-order valence-electron chi connectivity index (χ1n) is 8.90. The van der Waals surface area contributed by atoms with Crippen molar-refractivity contribution in [3.8, 4) is 0 Å². The van der Waals surface area contributed by atoms with Crippen LogP contribution in [0.1, 0.15) is 22.7 Å². The van der Waals surface area contributed by atoms with E-state index >= 15 is 0 Å². The van der Waals surface area contributed by atoms with Crippen LogP contribution in [0.2, 0.25) is 0 Å². The summed E-state index contributed by atoms with van der Waals surface area (Å²) in [4.78, 5) is 23.6. The molecule has 2 heterocycles. The summed E-state index contributed by atoms with van der Waals surface area (Å²) in [6.45, 7) is 0. The van der Waals surface area contributed by atoms with E-state index in [1.807, 2.05) is 18.2 Å². The highest BCUT2D eigenvalue weighted by atomic mass is 19.1. The van der Waals surface area contributed by atoms with Gasteiger partial charge in [-0.2, -0.15) is 5.01 Å². The molecule has 0 unspecified atom stereocenters. The van der Waals surface area contributed by atoms with Gasteiger partial charge in [0.1, 0.15) is 28.6 Å². The van der Waals surface area contributed by atoms with Crippen LogP contribution < -0.4 is 10.7 Å². The molecule has 1 aromatic carbocycles. The van der Waals surface area contributed by atoms with E-state index in [-0.39, 0.29) is 28.3 Å². The summed E-state index contributed by atoms with van der Waals surface area (Å²) in [7, 11) is 1.53. The van der Waals surface area contributed by atoms with Crippen molar-refractivity contribution in [2.75, 3.05) is 12.1 Å². The molecule has 2 aromatic heterocycles. The molecule has 0 spiro atoms. The molecule has 9 heteroatoms. The molecule has 2 N–H and O–H groups in total. The molecule has 4 rings (SSSR count). The molecule has 0 bridgehead atoms. The van der Waals surface area contributed by atoms with E-state index in [1.165, 1.54) is 19.2 Å². The Morgan fingerprint density at radius 1 is 1.27 bits per heavy atom. The summed E-state index contributed by atoms with van der Waals surface area (Å²) in [6.07, 6.45) is 8.14. The van der Waals surface area contributed by atoms with Crippen LogP contribution in [-0.4, -0.2) is 13.0 Å². The van der Waals surface area contributed by atoms with Crippen LogP contribution in [0.5, 0.6) is 0 Å². The fraction of sp³-hybridized carbons (Fsp3) is 0.0952. The zero-order chi connectivity index (χ0) is 21.3. The Balaban J connectivity index is 1.83. The van der Waals surface area contributed by atoms with E-state index in [9.17, 15) is 14.1 Å². The van der Waals surface area contributed by atoms with Gasteiger partial charge >= 0.3 is 0 Å². The van der Waals surface area contributed by atoms with Gasteiger partial charge in [-0.15, -0.1) is 4.91 Å². The minimum absolute atomic E-state index is 0.0111. The Labute approximate surface area is 169 Å². The van der Waals surface area contributed by atoms with Crippen LogP contribution in [0, 0.1) is 10.7 Å². The minimum atomic E-state index is -0.941. The van der Waals surface area contributed by atoms with Crippen molar-refractivity contribution < 1.29 is 22.8 Å². The summed E-state index contributed by atoms with van der Waals surface area (Å²) in [5.41, 5.74) is 6.14. The summed E-state index contributed by atoms with van der Waals surface area (Å²) in [5.74, 6) is -0.896. The third kappa shape index (κ3) is 3.26. The molecular formula is C21H16FN3O5.